The molecule has 4 rings (SSSR count). The molecule has 0 radical (unpaired) electrons. The van der Waals surface area contributed by atoms with Gasteiger partial charge in [0.1, 0.15) is 0 Å². The van der Waals surface area contributed by atoms with E-state index in [1.807, 2.05) is 54.6 Å². The van der Waals surface area contributed by atoms with E-state index < -0.39 is 5.79 Å². The summed E-state index contributed by atoms with van der Waals surface area (Å²) in [7, 11) is 0. The maximum Gasteiger partial charge on any atom is 0.292 e. The molecule has 2 aromatic carbocycles. The van der Waals surface area contributed by atoms with Crippen LogP contribution in [0.4, 0.5) is 5.69 Å². The molecule has 0 aromatic heterocycles. The first kappa shape index (κ1) is 13.5. The number of hydrogen-bond acceptors (Lipinski definition) is 3. The number of para-hydroxylation sites is 1. The average Bonchev–Trinajstić information content (AvgIpc) is 2.80. The van der Waals surface area contributed by atoms with E-state index in [-0.39, 0.29) is 5.91 Å². The number of hydrogen-bond donors (Lipinski definition) is 0. The summed E-state index contributed by atoms with van der Waals surface area (Å²) in [6.07, 6.45) is 0.815. The van der Waals surface area contributed by atoms with Gasteiger partial charge < -0.3 is 14.4 Å². The van der Waals surface area contributed by atoms with Gasteiger partial charge in [0.05, 0.1) is 25.4 Å². The van der Waals surface area contributed by atoms with Crippen LogP contribution in [0.3, 0.4) is 0 Å². The fraction of sp³-hybridized carbons (Fsp3) is 0.278. The van der Waals surface area contributed by atoms with Gasteiger partial charge in [-0.25, -0.2) is 0 Å². The van der Waals surface area contributed by atoms with Gasteiger partial charge in [0, 0.05) is 5.56 Å². The van der Waals surface area contributed by atoms with Gasteiger partial charge in [-0.2, -0.15) is 0 Å². The molecule has 1 spiro atoms. The maximum absolute atomic E-state index is 13.0. The fourth-order valence-corrected chi connectivity index (χ4v) is 3.12. The fourth-order valence-electron chi connectivity index (χ4n) is 3.12. The smallest absolute Gasteiger partial charge is 0.292 e. The Morgan fingerprint density at radius 3 is 2.41 bits per heavy atom. The molecule has 0 bridgehead atoms. The molecular weight excluding hydrogens is 278 g/mol. The van der Waals surface area contributed by atoms with Gasteiger partial charge in [0.15, 0.2) is 0 Å². The third kappa shape index (κ3) is 1.95. The van der Waals surface area contributed by atoms with Crippen LogP contribution >= 0.6 is 0 Å². The number of rotatable bonds is 2. The minimum Gasteiger partial charge on any atom is -0.338 e. The number of carbonyl (C=O) groups excluding carboxylic acids is 1. The van der Waals surface area contributed by atoms with Crippen molar-refractivity contribution in [3.63, 3.8) is 0 Å². The van der Waals surface area contributed by atoms with Crippen LogP contribution in [0.5, 0.6) is 0 Å². The van der Waals surface area contributed by atoms with E-state index in [1.165, 1.54) is 0 Å². The highest BCUT2D eigenvalue weighted by Crippen LogP contribution is 2.45. The van der Waals surface area contributed by atoms with Crippen LogP contribution in [-0.4, -0.2) is 19.1 Å². The lowest BCUT2D eigenvalue weighted by molar-refractivity contribution is -0.256. The van der Waals surface area contributed by atoms with Crippen LogP contribution in [0.1, 0.15) is 17.5 Å². The molecule has 1 saturated heterocycles. The lowest BCUT2D eigenvalue weighted by Gasteiger charge is -2.32. The van der Waals surface area contributed by atoms with Gasteiger partial charge in [0.2, 0.25) is 0 Å². The van der Waals surface area contributed by atoms with Crippen LogP contribution in [0, 0.1) is 0 Å². The third-order valence-electron chi connectivity index (χ3n) is 4.16. The summed E-state index contributed by atoms with van der Waals surface area (Å²) < 4.78 is 11.6. The SMILES string of the molecule is O=C1N(Cc2ccccc2)c2ccccc2C12OCCCO2. The first-order chi connectivity index (χ1) is 10.8. The van der Waals surface area contributed by atoms with Gasteiger partial charge in [-0.3, -0.25) is 4.79 Å². The molecule has 112 valence electrons. The molecular formula is C18H17NO3. The van der Waals surface area contributed by atoms with Crippen molar-refractivity contribution in [3.8, 4) is 0 Å². The Labute approximate surface area is 129 Å². The minimum absolute atomic E-state index is 0.128. The highest BCUT2D eigenvalue weighted by atomic mass is 16.7. The molecule has 0 saturated carbocycles. The normalized spacial score (nSPS) is 19.5. The molecule has 4 heteroatoms. The molecule has 22 heavy (non-hydrogen) atoms. The zero-order valence-corrected chi connectivity index (χ0v) is 12.2. The van der Waals surface area contributed by atoms with Crippen molar-refractivity contribution < 1.29 is 14.3 Å². The second-order valence-electron chi connectivity index (χ2n) is 5.56. The predicted octanol–water partition coefficient (Wildman–Crippen LogP) is 2.82. The average molecular weight is 295 g/mol. The van der Waals surface area contributed by atoms with Crippen molar-refractivity contribution in [3.05, 3.63) is 65.7 Å². The summed E-state index contributed by atoms with van der Waals surface area (Å²) in [5.41, 5.74) is 2.77. The van der Waals surface area contributed by atoms with E-state index in [0.29, 0.717) is 19.8 Å². The summed E-state index contributed by atoms with van der Waals surface area (Å²) in [4.78, 5) is 14.8. The van der Waals surface area contributed by atoms with E-state index in [4.69, 9.17) is 9.47 Å². The van der Waals surface area contributed by atoms with Crippen LogP contribution < -0.4 is 4.90 Å². The molecule has 2 aliphatic heterocycles. The Bertz CT molecular complexity index is 692. The molecule has 0 atom stereocenters. The van der Waals surface area contributed by atoms with E-state index in [1.54, 1.807) is 4.90 Å². The molecule has 2 heterocycles. The number of amides is 1. The quantitative estimate of drug-likeness (QED) is 0.855. The van der Waals surface area contributed by atoms with Crippen molar-refractivity contribution >= 4 is 11.6 Å². The predicted molar refractivity (Wildman–Crippen MR) is 82.3 cm³/mol. The van der Waals surface area contributed by atoms with Crippen LogP contribution in [0.25, 0.3) is 0 Å². The van der Waals surface area contributed by atoms with Crippen molar-refractivity contribution in [2.45, 2.75) is 18.8 Å². The lowest BCUT2D eigenvalue weighted by atomic mass is 10.1. The summed E-state index contributed by atoms with van der Waals surface area (Å²) in [6, 6.07) is 17.7. The summed E-state index contributed by atoms with van der Waals surface area (Å²) >= 11 is 0. The molecule has 1 amide bonds. The van der Waals surface area contributed by atoms with Crippen molar-refractivity contribution in [2.75, 3.05) is 18.1 Å². The van der Waals surface area contributed by atoms with E-state index >= 15 is 0 Å². The largest absolute Gasteiger partial charge is 0.338 e. The molecule has 4 nitrogen and oxygen atoms in total. The van der Waals surface area contributed by atoms with Crippen LogP contribution in [0.2, 0.25) is 0 Å². The number of anilines is 1. The number of fused-ring (bicyclic) bond motifs is 2. The number of carbonyl (C=O) groups is 1. The van der Waals surface area contributed by atoms with Gasteiger partial charge >= 0.3 is 0 Å². The molecule has 0 N–H and O–H groups in total. The van der Waals surface area contributed by atoms with Crippen molar-refractivity contribution in [1.82, 2.24) is 0 Å². The highest BCUT2D eigenvalue weighted by molar-refractivity contribution is 6.06. The van der Waals surface area contributed by atoms with Crippen molar-refractivity contribution in [2.24, 2.45) is 0 Å². The van der Waals surface area contributed by atoms with Gasteiger partial charge in [-0.1, -0.05) is 48.5 Å². The summed E-state index contributed by atoms with van der Waals surface area (Å²) in [5, 5.41) is 0. The van der Waals surface area contributed by atoms with E-state index in [9.17, 15) is 4.79 Å². The molecule has 0 aliphatic carbocycles. The second kappa shape index (κ2) is 5.23. The first-order valence-electron chi connectivity index (χ1n) is 7.54. The summed E-state index contributed by atoms with van der Waals surface area (Å²) in [5.74, 6) is -1.37. The Kier molecular flexibility index (Phi) is 3.21. The lowest BCUT2D eigenvalue weighted by Crippen LogP contribution is -2.47. The third-order valence-corrected chi connectivity index (χ3v) is 4.16. The summed E-state index contributed by atoms with van der Waals surface area (Å²) in [6.45, 7) is 1.60. The zero-order valence-electron chi connectivity index (χ0n) is 12.2. The van der Waals surface area contributed by atoms with Crippen LogP contribution in [0.15, 0.2) is 54.6 Å². The molecule has 1 fully saturated rings. The number of benzene rings is 2. The van der Waals surface area contributed by atoms with Gasteiger partial charge in [-0.05, 0) is 18.1 Å². The van der Waals surface area contributed by atoms with Crippen LogP contribution in [-0.2, 0) is 26.6 Å². The van der Waals surface area contributed by atoms with E-state index in [0.717, 1.165) is 23.2 Å². The molecule has 2 aromatic rings. The monoisotopic (exact) mass is 295 g/mol. The van der Waals surface area contributed by atoms with Gasteiger partial charge in [-0.15, -0.1) is 0 Å². The Morgan fingerprint density at radius 1 is 0.955 bits per heavy atom. The minimum atomic E-state index is -1.25. The number of ether oxygens (including phenoxy) is 2. The Hall–Kier alpha value is -2.17. The maximum atomic E-state index is 13.0. The topological polar surface area (TPSA) is 38.8 Å². The zero-order chi connectivity index (χ0) is 15.0. The van der Waals surface area contributed by atoms with E-state index in [2.05, 4.69) is 0 Å². The highest BCUT2D eigenvalue weighted by Gasteiger charge is 2.54. The van der Waals surface area contributed by atoms with Gasteiger partial charge in [0.25, 0.3) is 11.7 Å². The second-order valence-corrected chi connectivity index (χ2v) is 5.56. The molecule has 0 unspecified atom stereocenters. The molecule has 2 aliphatic rings. The number of nitrogens with zero attached hydrogens (tertiary/aromatic N) is 1. The first-order valence-corrected chi connectivity index (χ1v) is 7.54. The standard InChI is InChI=1S/C18H17NO3/c20-17-18(21-11-6-12-22-18)15-9-4-5-10-16(15)19(17)13-14-7-2-1-3-8-14/h1-5,7-10H,6,11-13H2. The Morgan fingerprint density at radius 2 is 1.64 bits per heavy atom. The Balaban J connectivity index is 1.76. The van der Waals surface area contributed by atoms with Crippen molar-refractivity contribution in [1.29, 1.82) is 0 Å².